The number of halogens is 1. The van der Waals surface area contributed by atoms with Crippen LogP contribution in [0.5, 0.6) is 0 Å². The van der Waals surface area contributed by atoms with Crippen molar-refractivity contribution in [2.75, 3.05) is 6.54 Å². The van der Waals surface area contributed by atoms with E-state index in [0.29, 0.717) is 23.4 Å². The Morgan fingerprint density at radius 1 is 1.39 bits per heavy atom. The summed E-state index contributed by atoms with van der Waals surface area (Å²) >= 11 is 3.36. The topological polar surface area (TPSA) is 33.2 Å². The Balaban J connectivity index is 2.22. The summed E-state index contributed by atoms with van der Waals surface area (Å²) in [5, 5.41) is 0. The van der Waals surface area contributed by atoms with E-state index >= 15 is 0 Å². The molecule has 98 valence electrons. The van der Waals surface area contributed by atoms with E-state index in [1.54, 1.807) is 12.4 Å². The van der Waals surface area contributed by atoms with Gasteiger partial charge in [0.05, 0.1) is 5.56 Å². The molecule has 0 radical (unpaired) electrons. The molecule has 1 saturated heterocycles. The van der Waals surface area contributed by atoms with Gasteiger partial charge in [0.25, 0.3) is 5.91 Å². The van der Waals surface area contributed by atoms with Crippen LogP contribution < -0.4 is 0 Å². The number of likely N-dealkylation sites (tertiary alicyclic amines) is 1. The van der Waals surface area contributed by atoms with Crippen LogP contribution in [0.15, 0.2) is 22.9 Å². The third-order valence-corrected chi connectivity index (χ3v) is 4.24. The summed E-state index contributed by atoms with van der Waals surface area (Å²) in [5.74, 6) is 1.22. The molecule has 3 atom stereocenters. The first-order valence-electron chi connectivity index (χ1n) is 6.40. The predicted molar refractivity (Wildman–Crippen MR) is 75.4 cm³/mol. The summed E-state index contributed by atoms with van der Waals surface area (Å²) in [5.41, 5.74) is 0.664. The second-order valence-corrected chi connectivity index (χ2v) is 6.32. The highest BCUT2D eigenvalue weighted by atomic mass is 79.9. The summed E-state index contributed by atoms with van der Waals surface area (Å²) in [6.45, 7) is 7.41. The van der Waals surface area contributed by atoms with Gasteiger partial charge in [-0.25, -0.2) is 0 Å². The SMILES string of the molecule is CC1CC(C)C(C)N(C(=O)c2cncc(Br)c2)C1. The number of hydrogen-bond acceptors (Lipinski definition) is 2. The highest BCUT2D eigenvalue weighted by Gasteiger charge is 2.32. The summed E-state index contributed by atoms with van der Waals surface area (Å²) in [7, 11) is 0. The lowest BCUT2D eigenvalue weighted by Crippen LogP contribution is -2.48. The van der Waals surface area contributed by atoms with Crippen molar-refractivity contribution < 1.29 is 4.79 Å². The lowest BCUT2D eigenvalue weighted by Gasteiger charge is -2.41. The smallest absolute Gasteiger partial charge is 0.255 e. The molecular weight excluding hydrogens is 292 g/mol. The number of rotatable bonds is 1. The van der Waals surface area contributed by atoms with Gasteiger partial charge in [-0.05, 0) is 47.2 Å². The van der Waals surface area contributed by atoms with Crippen LogP contribution in [-0.2, 0) is 0 Å². The molecular formula is C14H19BrN2O. The summed E-state index contributed by atoms with van der Waals surface area (Å²) in [4.78, 5) is 18.6. The fourth-order valence-corrected chi connectivity index (χ4v) is 3.04. The van der Waals surface area contributed by atoms with Crippen molar-refractivity contribution in [1.82, 2.24) is 9.88 Å². The monoisotopic (exact) mass is 310 g/mol. The zero-order valence-electron chi connectivity index (χ0n) is 11.1. The van der Waals surface area contributed by atoms with E-state index in [1.165, 1.54) is 6.42 Å². The van der Waals surface area contributed by atoms with E-state index < -0.39 is 0 Å². The summed E-state index contributed by atoms with van der Waals surface area (Å²) in [6.07, 6.45) is 4.53. The average Bonchev–Trinajstić information content (AvgIpc) is 2.33. The number of amides is 1. The number of pyridine rings is 1. The number of piperidine rings is 1. The van der Waals surface area contributed by atoms with Gasteiger partial charge < -0.3 is 4.90 Å². The Hall–Kier alpha value is -0.900. The van der Waals surface area contributed by atoms with Gasteiger partial charge in [0.2, 0.25) is 0 Å². The molecule has 1 aromatic rings. The van der Waals surface area contributed by atoms with Gasteiger partial charge in [0, 0.05) is 29.5 Å². The van der Waals surface area contributed by atoms with Crippen LogP contribution >= 0.6 is 15.9 Å². The zero-order valence-corrected chi connectivity index (χ0v) is 12.6. The number of hydrogen-bond donors (Lipinski definition) is 0. The molecule has 1 amide bonds. The van der Waals surface area contributed by atoms with Gasteiger partial charge in [-0.1, -0.05) is 13.8 Å². The van der Waals surface area contributed by atoms with Crippen molar-refractivity contribution in [3.05, 3.63) is 28.5 Å². The first-order chi connectivity index (χ1) is 8.49. The van der Waals surface area contributed by atoms with Gasteiger partial charge >= 0.3 is 0 Å². The largest absolute Gasteiger partial charge is 0.335 e. The minimum absolute atomic E-state index is 0.0923. The molecule has 1 aliphatic rings. The zero-order chi connectivity index (χ0) is 13.3. The normalized spacial score (nSPS) is 28.2. The van der Waals surface area contributed by atoms with E-state index in [2.05, 4.69) is 41.7 Å². The Bertz CT molecular complexity index is 449. The average molecular weight is 311 g/mol. The van der Waals surface area contributed by atoms with E-state index in [1.807, 2.05) is 11.0 Å². The Morgan fingerprint density at radius 2 is 2.11 bits per heavy atom. The number of nitrogens with zero attached hydrogens (tertiary/aromatic N) is 2. The van der Waals surface area contributed by atoms with Crippen molar-refractivity contribution in [1.29, 1.82) is 0 Å². The van der Waals surface area contributed by atoms with Crippen LogP contribution in [0.25, 0.3) is 0 Å². The number of carbonyl (C=O) groups excluding carboxylic acids is 1. The third-order valence-electron chi connectivity index (χ3n) is 3.81. The van der Waals surface area contributed by atoms with Crippen LogP contribution in [0.3, 0.4) is 0 Å². The number of carbonyl (C=O) groups is 1. The molecule has 4 heteroatoms. The van der Waals surface area contributed by atoms with E-state index in [4.69, 9.17) is 0 Å². The fraction of sp³-hybridized carbons (Fsp3) is 0.571. The second-order valence-electron chi connectivity index (χ2n) is 5.41. The molecule has 1 aliphatic heterocycles. The lowest BCUT2D eigenvalue weighted by molar-refractivity contribution is 0.0455. The van der Waals surface area contributed by atoms with Crippen LogP contribution in [0, 0.1) is 11.8 Å². The minimum atomic E-state index is 0.0923. The molecule has 0 N–H and O–H groups in total. The first-order valence-corrected chi connectivity index (χ1v) is 7.20. The molecule has 2 heterocycles. The van der Waals surface area contributed by atoms with E-state index in [9.17, 15) is 4.79 Å². The van der Waals surface area contributed by atoms with Gasteiger partial charge in [0.1, 0.15) is 0 Å². The van der Waals surface area contributed by atoms with Crippen LogP contribution in [0.1, 0.15) is 37.6 Å². The summed E-state index contributed by atoms with van der Waals surface area (Å²) in [6, 6.07) is 2.14. The quantitative estimate of drug-likeness (QED) is 0.797. The van der Waals surface area contributed by atoms with E-state index in [-0.39, 0.29) is 5.91 Å². The van der Waals surface area contributed by atoms with Crippen LogP contribution in [-0.4, -0.2) is 28.4 Å². The molecule has 2 rings (SSSR count). The second kappa shape index (κ2) is 5.39. The molecule has 3 nitrogen and oxygen atoms in total. The van der Waals surface area contributed by atoms with Crippen molar-refractivity contribution in [2.24, 2.45) is 11.8 Å². The van der Waals surface area contributed by atoms with Crippen LogP contribution in [0.2, 0.25) is 0 Å². The minimum Gasteiger partial charge on any atom is -0.335 e. The highest BCUT2D eigenvalue weighted by Crippen LogP contribution is 2.28. The van der Waals surface area contributed by atoms with E-state index in [0.717, 1.165) is 11.0 Å². The Labute approximate surface area is 117 Å². The van der Waals surface area contributed by atoms with Crippen LogP contribution in [0.4, 0.5) is 0 Å². The molecule has 3 unspecified atom stereocenters. The summed E-state index contributed by atoms with van der Waals surface area (Å²) < 4.78 is 0.846. The molecule has 0 aromatic carbocycles. The third kappa shape index (κ3) is 2.74. The maximum absolute atomic E-state index is 12.5. The Morgan fingerprint density at radius 3 is 2.78 bits per heavy atom. The van der Waals surface area contributed by atoms with Gasteiger partial charge in [-0.3, -0.25) is 9.78 Å². The van der Waals surface area contributed by atoms with Gasteiger partial charge in [0.15, 0.2) is 0 Å². The highest BCUT2D eigenvalue weighted by molar-refractivity contribution is 9.10. The van der Waals surface area contributed by atoms with Crippen molar-refractivity contribution in [3.63, 3.8) is 0 Å². The van der Waals surface area contributed by atoms with Crippen molar-refractivity contribution >= 4 is 21.8 Å². The maximum Gasteiger partial charge on any atom is 0.255 e. The first kappa shape index (κ1) is 13.5. The molecule has 0 bridgehead atoms. The molecule has 0 saturated carbocycles. The Kier molecular flexibility index (Phi) is 4.05. The standard InChI is InChI=1S/C14H19BrN2O/c1-9-4-10(2)11(3)17(8-9)14(18)12-5-13(15)7-16-6-12/h5-7,9-11H,4,8H2,1-3H3. The van der Waals surface area contributed by atoms with Crippen molar-refractivity contribution in [2.45, 2.75) is 33.2 Å². The molecule has 1 fully saturated rings. The maximum atomic E-state index is 12.5. The molecule has 1 aromatic heterocycles. The van der Waals surface area contributed by atoms with Gasteiger partial charge in [-0.15, -0.1) is 0 Å². The predicted octanol–water partition coefficient (Wildman–Crippen LogP) is 3.35. The van der Waals surface area contributed by atoms with Gasteiger partial charge in [-0.2, -0.15) is 0 Å². The molecule has 0 aliphatic carbocycles. The lowest BCUT2D eigenvalue weighted by atomic mass is 9.85. The number of aromatic nitrogens is 1. The fourth-order valence-electron chi connectivity index (χ4n) is 2.68. The molecule has 18 heavy (non-hydrogen) atoms. The molecule has 0 spiro atoms. The van der Waals surface area contributed by atoms with Crippen molar-refractivity contribution in [3.8, 4) is 0 Å².